The molecule has 0 unspecified atom stereocenters. The predicted octanol–water partition coefficient (Wildman–Crippen LogP) is 1.50. The van der Waals surface area contributed by atoms with Gasteiger partial charge in [-0.05, 0) is 39.1 Å². The van der Waals surface area contributed by atoms with Crippen molar-refractivity contribution in [1.29, 1.82) is 0 Å². The lowest BCUT2D eigenvalue weighted by molar-refractivity contribution is -0.0387. The van der Waals surface area contributed by atoms with Crippen molar-refractivity contribution in [1.82, 2.24) is 9.62 Å². The molecule has 0 spiro atoms. The van der Waals surface area contributed by atoms with Gasteiger partial charge in [-0.2, -0.15) is 0 Å². The summed E-state index contributed by atoms with van der Waals surface area (Å²) < 4.78 is 31.5. The van der Waals surface area contributed by atoms with Gasteiger partial charge in [-0.1, -0.05) is 11.6 Å². The van der Waals surface area contributed by atoms with E-state index in [2.05, 4.69) is 4.72 Å². The van der Waals surface area contributed by atoms with Gasteiger partial charge in [0.05, 0.1) is 34.2 Å². The molecule has 1 aliphatic heterocycles. The van der Waals surface area contributed by atoms with Gasteiger partial charge in [-0.3, -0.25) is 4.79 Å². The van der Waals surface area contributed by atoms with Gasteiger partial charge in [-0.15, -0.1) is 0 Å². The van der Waals surface area contributed by atoms with E-state index in [1.807, 2.05) is 13.8 Å². The highest BCUT2D eigenvalue weighted by molar-refractivity contribution is 7.89. The highest BCUT2D eigenvalue weighted by Crippen LogP contribution is 2.24. The number of halogens is 1. The van der Waals surface area contributed by atoms with Gasteiger partial charge in [0.2, 0.25) is 10.0 Å². The summed E-state index contributed by atoms with van der Waals surface area (Å²) in [5, 5.41) is 0.228. The molecule has 0 saturated carbocycles. The topological polar surface area (TPSA) is 75.7 Å². The fourth-order valence-corrected chi connectivity index (χ4v) is 3.25. The summed E-state index contributed by atoms with van der Waals surface area (Å²) in [7, 11) is -2.31. The molecule has 1 aliphatic rings. The fourth-order valence-electron chi connectivity index (χ4n) is 2.29. The summed E-state index contributed by atoms with van der Waals surface area (Å²) in [6, 6.07) is 4.01. The van der Waals surface area contributed by atoms with E-state index >= 15 is 0 Å². The first-order valence-electron chi connectivity index (χ1n) is 6.92. The van der Waals surface area contributed by atoms with Crippen LogP contribution in [0.25, 0.3) is 0 Å². The van der Waals surface area contributed by atoms with Gasteiger partial charge < -0.3 is 9.64 Å². The number of nitrogens with zero attached hydrogens (tertiary/aromatic N) is 1. The second-order valence-electron chi connectivity index (χ2n) is 5.30. The standard InChI is InChI=1S/C14H19ClN2O4S/c1-9-8-21-10(2)7-17(9)14(18)12-6-11(4-5-13(12)15)22(19,20)16-3/h4-6,9-10,16H,7-8H2,1-3H3/t9-,10+/m1/s1. The van der Waals surface area contributed by atoms with Crippen molar-refractivity contribution < 1.29 is 17.9 Å². The molecule has 1 aromatic rings. The van der Waals surface area contributed by atoms with Gasteiger partial charge in [0.1, 0.15) is 0 Å². The lowest BCUT2D eigenvalue weighted by Gasteiger charge is -2.37. The number of rotatable bonds is 3. The summed E-state index contributed by atoms with van der Waals surface area (Å²) >= 11 is 6.09. The summed E-state index contributed by atoms with van der Waals surface area (Å²) in [6.07, 6.45) is -0.0665. The van der Waals surface area contributed by atoms with E-state index in [1.54, 1.807) is 4.90 Å². The molecular formula is C14H19ClN2O4S. The number of carbonyl (C=O) groups excluding carboxylic acids is 1. The first-order chi connectivity index (χ1) is 10.3. The number of carbonyl (C=O) groups is 1. The Hall–Kier alpha value is -1.15. The van der Waals surface area contributed by atoms with Gasteiger partial charge in [0.25, 0.3) is 5.91 Å². The molecule has 1 heterocycles. The van der Waals surface area contributed by atoms with E-state index in [9.17, 15) is 13.2 Å². The van der Waals surface area contributed by atoms with Gasteiger partial charge in [0.15, 0.2) is 0 Å². The molecule has 1 N–H and O–H groups in total. The zero-order valence-electron chi connectivity index (χ0n) is 12.7. The van der Waals surface area contributed by atoms with Crippen molar-refractivity contribution in [2.75, 3.05) is 20.2 Å². The largest absolute Gasteiger partial charge is 0.375 e. The van der Waals surface area contributed by atoms with Crippen LogP contribution in [0.15, 0.2) is 23.1 Å². The Labute approximate surface area is 135 Å². The van der Waals surface area contributed by atoms with Crippen LogP contribution in [0, 0.1) is 0 Å². The number of hydrogen-bond donors (Lipinski definition) is 1. The Kier molecular flexibility index (Phi) is 5.11. The molecule has 6 nitrogen and oxygen atoms in total. The Balaban J connectivity index is 2.39. The molecule has 0 bridgehead atoms. The van der Waals surface area contributed by atoms with Crippen molar-refractivity contribution in [2.45, 2.75) is 30.9 Å². The Morgan fingerprint density at radius 1 is 1.41 bits per heavy atom. The minimum absolute atomic E-state index is 0.0108. The van der Waals surface area contributed by atoms with E-state index in [0.717, 1.165) is 0 Å². The third kappa shape index (κ3) is 3.43. The number of nitrogens with one attached hydrogen (secondary N) is 1. The van der Waals surface area contributed by atoms with Crippen LogP contribution in [0.1, 0.15) is 24.2 Å². The summed E-state index contributed by atoms with van der Waals surface area (Å²) in [4.78, 5) is 14.4. The molecule has 2 rings (SSSR count). The summed E-state index contributed by atoms with van der Waals surface area (Å²) in [5.41, 5.74) is 0.180. The molecule has 22 heavy (non-hydrogen) atoms. The Morgan fingerprint density at radius 3 is 2.73 bits per heavy atom. The Bertz CT molecular complexity index is 677. The minimum Gasteiger partial charge on any atom is -0.375 e. The quantitative estimate of drug-likeness (QED) is 0.899. The average Bonchev–Trinajstić information content (AvgIpc) is 2.49. The molecule has 2 atom stereocenters. The maximum Gasteiger partial charge on any atom is 0.255 e. The molecule has 1 saturated heterocycles. The second-order valence-corrected chi connectivity index (χ2v) is 7.59. The highest BCUT2D eigenvalue weighted by Gasteiger charge is 2.30. The van der Waals surface area contributed by atoms with Crippen LogP contribution in [0.2, 0.25) is 5.02 Å². The van der Waals surface area contributed by atoms with Crippen molar-refractivity contribution in [3.63, 3.8) is 0 Å². The van der Waals surface area contributed by atoms with Gasteiger partial charge >= 0.3 is 0 Å². The van der Waals surface area contributed by atoms with E-state index in [-0.39, 0.29) is 33.5 Å². The maximum atomic E-state index is 12.7. The minimum atomic E-state index is -3.63. The molecule has 1 amide bonds. The lowest BCUT2D eigenvalue weighted by atomic mass is 10.1. The molecule has 1 aromatic carbocycles. The average molecular weight is 347 g/mol. The van der Waals surface area contributed by atoms with Crippen LogP contribution in [-0.2, 0) is 14.8 Å². The van der Waals surface area contributed by atoms with E-state index < -0.39 is 10.0 Å². The number of hydrogen-bond acceptors (Lipinski definition) is 4. The SMILES string of the molecule is CNS(=O)(=O)c1ccc(Cl)c(C(=O)N2C[C@H](C)OC[C@H]2C)c1. The zero-order chi connectivity index (χ0) is 16.5. The van der Waals surface area contributed by atoms with E-state index in [1.165, 1.54) is 25.2 Å². The monoisotopic (exact) mass is 346 g/mol. The molecule has 0 aliphatic carbocycles. The highest BCUT2D eigenvalue weighted by atomic mass is 35.5. The molecule has 1 fully saturated rings. The fraction of sp³-hybridized carbons (Fsp3) is 0.500. The van der Waals surface area contributed by atoms with Crippen molar-refractivity contribution in [2.24, 2.45) is 0 Å². The molecule has 122 valence electrons. The van der Waals surface area contributed by atoms with Gasteiger partial charge in [0, 0.05) is 6.54 Å². The van der Waals surface area contributed by atoms with Crippen LogP contribution in [-0.4, -0.2) is 51.6 Å². The third-order valence-electron chi connectivity index (χ3n) is 3.62. The first-order valence-corrected chi connectivity index (χ1v) is 8.78. The Morgan fingerprint density at radius 2 is 2.09 bits per heavy atom. The third-order valence-corrected chi connectivity index (χ3v) is 5.36. The maximum absolute atomic E-state index is 12.7. The van der Waals surface area contributed by atoms with E-state index in [0.29, 0.717) is 13.2 Å². The second kappa shape index (κ2) is 6.54. The van der Waals surface area contributed by atoms with Crippen LogP contribution >= 0.6 is 11.6 Å². The van der Waals surface area contributed by atoms with Crippen LogP contribution in [0.5, 0.6) is 0 Å². The van der Waals surface area contributed by atoms with Crippen LogP contribution in [0.3, 0.4) is 0 Å². The summed E-state index contributed by atoms with van der Waals surface area (Å²) in [5.74, 6) is -0.291. The zero-order valence-corrected chi connectivity index (χ0v) is 14.2. The number of ether oxygens (including phenoxy) is 1. The number of morpholine rings is 1. The van der Waals surface area contributed by atoms with Crippen molar-refractivity contribution >= 4 is 27.5 Å². The van der Waals surface area contributed by atoms with Crippen molar-refractivity contribution in [3.8, 4) is 0 Å². The molecule has 0 radical (unpaired) electrons. The molecule has 8 heteroatoms. The normalized spacial score (nSPS) is 22.6. The predicted molar refractivity (Wildman–Crippen MR) is 83.6 cm³/mol. The smallest absolute Gasteiger partial charge is 0.255 e. The van der Waals surface area contributed by atoms with Gasteiger partial charge in [-0.25, -0.2) is 13.1 Å². The number of amides is 1. The molecular weight excluding hydrogens is 328 g/mol. The number of sulfonamides is 1. The van der Waals surface area contributed by atoms with Crippen LogP contribution in [0.4, 0.5) is 0 Å². The van der Waals surface area contributed by atoms with E-state index in [4.69, 9.17) is 16.3 Å². The summed E-state index contributed by atoms with van der Waals surface area (Å²) in [6.45, 7) is 4.65. The first kappa shape index (κ1) is 17.2. The van der Waals surface area contributed by atoms with Crippen molar-refractivity contribution in [3.05, 3.63) is 28.8 Å². The number of benzene rings is 1. The van der Waals surface area contributed by atoms with Crippen LogP contribution < -0.4 is 4.72 Å². The molecule has 0 aromatic heterocycles. The lowest BCUT2D eigenvalue weighted by Crippen LogP contribution is -2.50.